The van der Waals surface area contributed by atoms with Crippen molar-refractivity contribution in [1.29, 1.82) is 0 Å². The van der Waals surface area contributed by atoms with Crippen LogP contribution >= 0.6 is 0 Å². The van der Waals surface area contributed by atoms with Gasteiger partial charge in [0.2, 0.25) is 10.0 Å². The molecule has 0 saturated heterocycles. The van der Waals surface area contributed by atoms with Gasteiger partial charge in [0, 0.05) is 42.9 Å². The fraction of sp³-hybridized carbons (Fsp3) is 0.286. The second kappa shape index (κ2) is 7.77. The van der Waals surface area contributed by atoms with Crippen LogP contribution in [0.2, 0.25) is 0 Å². The summed E-state index contributed by atoms with van der Waals surface area (Å²) < 4.78 is 29.1. The number of sulfonamides is 1. The van der Waals surface area contributed by atoms with Crippen LogP contribution < -0.4 is 5.32 Å². The molecule has 0 unspecified atom stereocenters. The molecule has 7 heteroatoms. The highest BCUT2D eigenvalue weighted by Gasteiger charge is 2.24. The van der Waals surface area contributed by atoms with E-state index in [0.717, 1.165) is 10.9 Å². The maximum atomic E-state index is 12.9. The topological polar surface area (TPSA) is 71.4 Å². The number of benzene rings is 2. The number of nitrogens with zero attached hydrogens (tertiary/aromatic N) is 2. The average molecular weight is 400 g/mol. The van der Waals surface area contributed by atoms with Crippen molar-refractivity contribution in [2.24, 2.45) is 7.05 Å². The Morgan fingerprint density at radius 2 is 1.79 bits per heavy atom. The predicted octanol–water partition coefficient (Wildman–Crippen LogP) is 3.77. The number of carbonyl (C=O) groups is 1. The van der Waals surface area contributed by atoms with Gasteiger partial charge in [-0.05, 0) is 30.7 Å². The minimum atomic E-state index is -3.61. The lowest BCUT2D eigenvalue weighted by Crippen LogP contribution is -2.31. The zero-order chi connectivity index (χ0) is 20.5. The molecule has 0 bridgehead atoms. The van der Waals surface area contributed by atoms with Gasteiger partial charge in [-0.2, -0.15) is 4.31 Å². The second-order valence-electron chi connectivity index (χ2n) is 6.69. The third-order valence-electron chi connectivity index (χ3n) is 4.91. The molecule has 1 N–H and O–H groups in total. The summed E-state index contributed by atoms with van der Waals surface area (Å²) in [5.41, 5.74) is 2.61. The van der Waals surface area contributed by atoms with E-state index in [1.807, 2.05) is 49.7 Å². The Balaban J connectivity index is 1.96. The molecule has 0 atom stereocenters. The fourth-order valence-electron chi connectivity index (χ4n) is 3.38. The molecule has 1 heterocycles. The van der Waals surface area contributed by atoms with E-state index >= 15 is 0 Å². The van der Waals surface area contributed by atoms with E-state index in [1.54, 1.807) is 25.3 Å². The van der Waals surface area contributed by atoms with Gasteiger partial charge in [0.05, 0.1) is 10.5 Å². The molecule has 0 radical (unpaired) electrons. The summed E-state index contributed by atoms with van der Waals surface area (Å²) in [6.45, 7) is 6.16. The lowest BCUT2D eigenvalue weighted by atomic mass is 10.1. The number of nitrogens with one attached hydrogen (secondary N) is 1. The van der Waals surface area contributed by atoms with Gasteiger partial charge in [-0.1, -0.05) is 38.1 Å². The lowest BCUT2D eigenvalue weighted by molar-refractivity contribution is 0.102. The molecule has 148 valence electrons. The Bertz CT molecular complexity index is 1130. The van der Waals surface area contributed by atoms with Crippen LogP contribution in [0.3, 0.4) is 0 Å². The van der Waals surface area contributed by atoms with Crippen molar-refractivity contribution in [3.05, 3.63) is 59.8 Å². The molecule has 3 rings (SSSR count). The van der Waals surface area contributed by atoms with Crippen molar-refractivity contribution in [2.45, 2.75) is 25.7 Å². The molecule has 0 aliphatic carbocycles. The third-order valence-corrected chi connectivity index (χ3v) is 7.10. The number of carbonyl (C=O) groups excluding carboxylic acids is 1. The Labute approximate surface area is 165 Å². The molecular formula is C21H25N3O3S. The molecule has 3 aromatic rings. The van der Waals surface area contributed by atoms with Crippen LogP contribution in [-0.2, 0) is 17.1 Å². The molecule has 1 aromatic heterocycles. The zero-order valence-corrected chi connectivity index (χ0v) is 17.4. The van der Waals surface area contributed by atoms with E-state index in [2.05, 4.69) is 5.32 Å². The highest BCUT2D eigenvalue weighted by Crippen LogP contribution is 2.25. The highest BCUT2D eigenvalue weighted by atomic mass is 32.2. The summed E-state index contributed by atoms with van der Waals surface area (Å²) in [6, 6.07) is 12.6. The van der Waals surface area contributed by atoms with Crippen LogP contribution in [0.15, 0.2) is 53.6 Å². The molecule has 0 fully saturated rings. The Hall–Kier alpha value is -2.64. The second-order valence-corrected chi connectivity index (χ2v) is 8.60. The summed E-state index contributed by atoms with van der Waals surface area (Å²) in [7, 11) is -1.72. The van der Waals surface area contributed by atoms with Gasteiger partial charge in [-0.3, -0.25) is 4.79 Å². The molecule has 2 aromatic carbocycles. The minimum Gasteiger partial charge on any atom is -0.350 e. The number of hydrogen-bond donors (Lipinski definition) is 1. The first-order valence-corrected chi connectivity index (χ1v) is 10.7. The monoisotopic (exact) mass is 399 g/mol. The van der Waals surface area contributed by atoms with Crippen LogP contribution in [0.25, 0.3) is 10.9 Å². The van der Waals surface area contributed by atoms with Gasteiger partial charge >= 0.3 is 0 Å². The fourth-order valence-corrected chi connectivity index (χ4v) is 5.09. The maximum Gasteiger partial charge on any atom is 0.257 e. The van der Waals surface area contributed by atoms with Gasteiger partial charge in [0.1, 0.15) is 0 Å². The molecule has 0 saturated carbocycles. The third kappa shape index (κ3) is 3.55. The van der Waals surface area contributed by atoms with Crippen molar-refractivity contribution in [3.63, 3.8) is 0 Å². The number of anilines is 1. The highest BCUT2D eigenvalue weighted by molar-refractivity contribution is 7.89. The minimum absolute atomic E-state index is 0.215. The SMILES string of the molecule is CCN(CC)S(=O)(=O)c1cc(NC(=O)c2cn(C)c3ccccc23)ccc1C. The molecule has 1 amide bonds. The van der Waals surface area contributed by atoms with Crippen molar-refractivity contribution < 1.29 is 13.2 Å². The van der Waals surface area contributed by atoms with Crippen molar-refractivity contribution >= 4 is 32.5 Å². The Morgan fingerprint density at radius 1 is 1.11 bits per heavy atom. The first-order valence-electron chi connectivity index (χ1n) is 9.25. The van der Waals surface area contributed by atoms with Crippen molar-refractivity contribution in [3.8, 4) is 0 Å². The van der Waals surface area contributed by atoms with E-state index in [4.69, 9.17) is 0 Å². The van der Waals surface area contributed by atoms with Gasteiger partial charge < -0.3 is 9.88 Å². The molecule has 0 aliphatic rings. The lowest BCUT2D eigenvalue weighted by Gasteiger charge is -2.20. The smallest absolute Gasteiger partial charge is 0.257 e. The van der Waals surface area contributed by atoms with Crippen LogP contribution in [0.1, 0.15) is 29.8 Å². The maximum absolute atomic E-state index is 12.9. The van der Waals surface area contributed by atoms with Gasteiger partial charge in [-0.15, -0.1) is 0 Å². The number of fused-ring (bicyclic) bond motifs is 1. The molecular weight excluding hydrogens is 374 g/mol. The molecule has 0 spiro atoms. The molecule has 28 heavy (non-hydrogen) atoms. The summed E-state index contributed by atoms with van der Waals surface area (Å²) >= 11 is 0. The van der Waals surface area contributed by atoms with Crippen LogP contribution in [0.5, 0.6) is 0 Å². The Kier molecular flexibility index (Phi) is 5.58. The zero-order valence-electron chi connectivity index (χ0n) is 16.6. The summed E-state index contributed by atoms with van der Waals surface area (Å²) in [6.07, 6.45) is 1.78. The quantitative estimate of drug-likeness (QED) is 0.686. The number of aromatic nitrogens is 1. The normalized spacial score (nSPS) is 11.9. The van der Waals surface area contributed by atoms with Crippen molar-refractivity contribution in [2.75, 3.05) is 18.4 Å². The molecule has 6 nitrogen and oxygen atoms in total. The van der Waals surface area contributed by atoms with Gasteiger partial charge in [0.15, 0.2) is 0 Å². The Morgan fingerprint density at radius 3 is 2.46 bits per heavy atom. The average Bonchev–Trinajstić information content (AvgIpc) is 3.01. The molecule has 0 aliphatic heterocycles. The van der Waals surface area contributed by atoms with E-state index in [1.165, 1.54) is 10.4 Å². The van der Waals surface area contributed by atoms with E-state index < -0.39 is 10.0 Å². The standard InChI is InChI=1S/C21H25N3O3S/c1-5-24(6-2)28(26,27)20-13-16(12-11-15(20)3)22-21(25)18-14-23(4)19-10-8-7-9-17(18)19/h7-14H,5-6H2,1-4H3,(H,22,25). The summed E-state index contributed by atoms with van der Waals surface area (Å²) in [5, 5.41) is 3.70. The van der Waals surface area contributed by atoms with Crippen molar-refractivity contribution in [1.82, 2.24) is 8.87 Å². The number of para-hydroxylation sites is 1. The van der Waals surface area contributed by atoms with E-state index in [-0.39, 0.29) is 10.8 Å². The first-order chi connectivity index (χ1) is 13.3. The largest absolute Gasteiger partial charge is 0.350 e. The van der Waals surface area contributed by atoms with Crippen LogP contribution in [0, 0.1) is 6.92 Å². The number of rotatable bonds is 6. The summed E-state index contributed by atoms with van der Waals surface area (Å²) in [5.74, 6) is -0.271. The van der Waals surface area contributed by atoms with Gasteiger partial charge in [-0.25, -0.2) is 8.42 Å². The van der Waals surface area contributed by atoms with Gasteiger partial charge in [0.25, 0.3) is 5.91 Å². The number of amides is 1. The van der Waals surface area contributed by atoms with E-state index in [9.17, 15) is 13.2 Å². The van der Waals surface area contributed by atoms with Crippen LogP contribution in [-0.4, -0.2) is 36.3 Å². The summed E-state index contributed by atoms with van der Waals surface area (Å²) in [4.78, 5) is 13.1. The van der Waals surface area contributed by atoms with E-state index in [0.29, 0.717) is 29.9 Å². The number of hydrogen-bond acceptors (Lipinski definition) is 3. The van der Waals surface area contributed by atoms with Crippen LogP contribution in [0.4, 0.5) is 5.69 Å². The predicted molar refractivity (Wildman–Crippen MR) is 112 cm³/mol. The first kappa shape index (κ1) is 20.1. The number of aryl methyl sites for hydroxylation is 2.